The van der Waals surface area contributed by atoms with Crippen LogP contribution in [0.3, 0.4) is 0 Å². The number of carbonyl (C=O) groups is 1. The maximum Gasteiger partial charge on any atom is 0.195 e. The summed E-state index contributed by atoms with van der Waals surface area (Å²) in [4.78, 5) is 15.2. The molecule has 3 heteroatoms. The maximum absolute atomic E-state index is 12.7. The van der Waals surface area contributed by atoms with Crippen molar-refractivity contribution in [2.75, 3.05) is 31.5 Å². The lowest BCUT2D eigenvalue weighted by molar-refractivity contribution is 0.103. The highest BCUT2D eigenvalue weighted by molar-refractivity contribution is 6.12. The molecule has 0 aromatic heterocycles. The van der Waals surface area contributed by atoms with Gasteiger partial charge in [-0.15, -0.1) is 0 Å². The van der Waals surface area contributed by atoms with Crippen molar-refractivity contribution in [2.45, 2.75) is 25.7 Å². The monoisotopic (exact) mass is 322 g/mol. The minimum absolute atomic E-state index is 0.0785. The second-order valence-electron chi connectivity index (χ2n) is 6.42. The second-order valence-corrected chi connectivity index (χ2v) is 6.42. The third-order valence-electron chi connectivity index (χ3n) is 4.62. The maximum atomic E-state index is 12.7. The highest BCUT2D eigenvalue weighted by Crippen LogP contribution is 2.19. The summed E-state index contributed by atoms with van der Waals surface area (Å²) < 4.78 is 0. The van der Waals surface area contributed by atoms with E-state index in [4.69, 9.17) is 0 Å². The second kappa shape index (κ2) is 8.65. The third-order valence-corrected chi connectivity index (χ3v) is 4.62. The summed E-state index contributed by atoms with van der Waals surface area (Å²) in [6, 6.07) is 17.3. The molecule has 0 atom stereocenters. The van der Waals surface area contributed by atoms with E-state index >= 15 is 0 Å². The molecular weight excluding hydrogens is 296 g/mol. The number of hydrogen-bond acceptors (Lipinski definition) is 3. The van der Waals surface area contributed by atoms with Crippen molar-refractivity contribution in [2.24, 2.45) is 0 Å². The zero-order valence-electron chi connectivity index (χ0n) is 14.2. The molecule has 3 rings (SSSR count). The number of para-hydroxylation sites is 1. The van der Waals surface area contributed by atoms with Gasteiger partial charge in [0.15, 0.2) is 5.78 Å². The van der Waals surface area contributed by atoms with Crippen LogP contribution < -0.4 is 5.32 Å². The molecule has 2 aromatic rings. The molecule has 126 valence electrons. The van der Waals surface area contributed by atoms with Crippen LogP contribution in [0.15, 0.2) is 54.6 Å². The molecule has 0 amide bonds. The van der Waals surface area contributed by atoms with Crippen molar-refractivity contribution in [3.05, 3.63) is 65.7 Å². The Kier molecular flexibility index (Phi) is 6.02. The van der Waals surface area contributed by atoms with Crippen LogP contribution in [0.5, 0.6) is 0 Å². The summed E-state index contributed by atoms with van der Waals surface area (Å²) >= 11 is 0. The lowest BCUT2D eigenvalue weighted by atomic mass is 10.0. The van der Waals surface area contributed by atoms with Gasteiger partial charge in [0, 0.05) is 23.4 Å². The summed E-state index contributed by atoms with van der Waals surface area (Å²) in [6.07, 6.45) is 5.15. The Morgan fingerprint density at radius 1 is 0.917 bits per heavy atom. The van der Waals surface area contributed by atoms with Crippen molar-refractivity contribution in [3.63, 3.8) is 0 Å². The molecule has 1 aliphatic heterocycles. The molecule has 1 heterocycles. The predicted octanol–water partition coefficient (Wildman–Crippen LogP) is 4.21. The number of nitrogens with zero attached hydrogens (tertiary/aromatic N) is 1. The number of hydrogen-bond donors (Lipinski definition) is 1. The van der Waals surface area contributed by atoms with Crippen LogP contribution in [0.1, 0.15) is 41.6 Å². The van der Waals surface area contributed by atoms with Crippen molar-refractivity contribution in [3.8, 4) is 0 Å². The number of likely N-dealkylation sites (tertiary alicyclic amines) is 1. The standard InChI is InChI=1S/C21H26N2O/c24-21(18-10-3-1-4-11-18)19-12-5-6-13-20(19)22-14-9-17-23-15-7-2-8-16-23/h1,3-6,10-13,22H,2,7-9,14-17H2. The van der Waals surface area contributed by atoms with Crippen LogP contribution >= 0.6 is 0 Å². The number of ketones is 1. The Hall–Kier alpha value is -2.13. The Morgan fingerprint density at radius 3 is 2.42 bits per heavy atom. The van der Waals surface area contributed by atoms with Gasteiger partial charge in [0.05, 0.1) is 0 Å². The van der Waals surface area contributed by atoms with E-state index in [0.717, 1.165) is 36.3 Å². The van der Waals surface area contributed by atoms with Gasteiger partial charge >= 0.3 is 0 Å². The molecule has 2 aromatic carbocycles. The molecule has 0 bridgehead atoms. The Balaban J connectivity index is 1.57. The van der Waals surface area contributed by atoms with Gasteiger partial charge in [-0.25, -0.2) is 0 Å². The average Bonchev–Trinajstić information content (AvgIpc) is 2.66. The fourth-order valence-corrected chi connectivity index (χ4v) is 3.29. The quantitative estimate of drug-likeness (QED) is 0.612. The van der Waals surface area contributed by atoms with E-state index in [1.807, 2.05) is 54.6 Å². The number of rotatable bonds is 7. The highest BCUT2D eigenvalue weighted by atomic mass is 16.1. The first-order chi connectivity index (χ1) is 11.8. The van der Waals surface area contributed by atoms with Crippen LogP contribution in [0.25, 0.3) is 0 Å². The summed E-state index contributed by atoms with van der Waals surface area (Å²) in [7, 11) is 0. The summed E-state index contributed by atoms with van der Waals surface area (Å²) in [5.74, 6) is 0.0785. The van der Waals surface area contributed by atoms with Gasteiger partial charge in [0.25, 0.3) is 0 Å². The number of piperidine rings is 1. The molecule has 0 radical (unpaired) electrons. The molecule has 3 nitrogen and oxygen atoms in total. The largest absolute Gasteiger partial charge is 0.384 e. The van der Waals surface area contributed by atoms with Gasteiger partial charge in [-0.1, -0.05) is 48.9 Å². The van der Waals surface area contributed by atoms with E-state index in [0.29, 0.717) is 0 Å². The molecule has 0 aliphatic carbocycles. The highest BCUT2D eigenvalue weighted by Gasteiger charge is 2.13. The van der Waals surface area contributed by atoms with Crippen molar-refractivity contribution in [1.29, 1.82) is 0 Å². The third kappa shape index (κ3) is 4.45. The van der Waals surface area contributed by atoms with E-state index in [1.165, 1.54) is 32.4 Å². The first-order valence-electron chi connectivity index (χ1n) is 8.99. The van der Waals surface area contributed by atoms with Crippen molar-refractivity contribution < 1.29 is 4.79 Å². The van der Waals surface area contributed by atoms with E-state index in [9.17, 15) is 4.79 Å². The molecular formula is C21H26N2O. The lowest BCUT2D eigenvalue weighted by Crippen LogP contribution is -2.31. The molecule has 1 aliphatic rings. The van der Waals surface area contributed by atoms with E-state index < -0.39 is 0 Å². The molecule has 1 fully saturated rings. The van der Waals surface area contributed by atoms with Crippen LogP contribution in [0.4, 0.5) is 5.69 Å². The van der Waals surface area contributed by atoms with E-state index in [-0.39, 0.29) is 5.78 Å². The summed E-state index contributed by atoms with van der Waals surface area (Å²) in [6.45, 7) is 4.52. The van der Waals surface area contributed by atoms with Gasteiger partial charge in [-0.3, -0.25) is 4.79 Å². The first-order valence-corrected chi connectivity index (χ1v) is 8.99. The molecule has 0 saturated carbocycles. The van der Waals surface area contributed by atoms with Crippen molar-refractivity contribution in [1.82, 2.24) is 4.90 Å². The molecule has 1 N–H and O–H groups in total. The summed E-state index contributed by atoms with van der Waals surface area (Å²) in [5, 5.41) is 3.46. The van der Waals surface area contributed by atoms with Crippen LogP contribution in [-0.4, -0.2) is 36.9 Å². The minimum Gasteiger partial charge on any atom is -0.384 e. The summed E-state index contributed by atoms with van der Waals surface area (Å²) in [5.41, 5.74) is 2.42. The van der Waals surface area contributed by atoms with Gasteiger partial charge in [-0.2, -0.15) is 0 Å². The van der Waals surface area contributed by atoms with Crippen LogP contribution in [0.2, 0.25) is 0 Å². The number of anilines is 1. The van der Waals surface area contributed by atoms with Gasteiger partial charge in [0.2, 0.25) is 0 Å². The normalized spacial score (nSPS) is 15.2. The van der Waals surface area contributed by atoms with E-state index in [2.05, 4.69) is 10.2 Å². The number of benzene rings is 2. The van der Waals surface area contributed by atoms with Gasteiger partial charge in [-0.05, 0) is 51.0 Å². The Morgan fingerprint density at radius 2 is 1.62 bits per heavy atom. The topological polar surface area (TPSA) is 32.3 Å². The van der Waals surface area contributed by atoms with Crippen LogP contribution in [-0.2, 0) is 0 Å². The SMILES string of the molecule is O=C(c1ccccc1)c1ccccc1NCCCN1CCCCC1. The Bertz CT molecular complexity index is 648. The lowest BCUT2D eigenvalue weighted by Gasteiger charge is -2.26. The van der Waals surface area contributed by atoms with E-state index in [1.54, 1.807) is 0 Å². The fraction of sp³-hybridized carbons (Fsp3) is 0.381. The molecule has 0 unspecified atom stereocenters. The molecule has 1 saturated heterocycles. The zero-order valence-corrected chi connectivity index (χ0v) is 14.2. The smallest absolute Gasteiger partial charge is 0.195 e. The number of carbonyl (C=O) groups excluding carboxylic acids is 1. The minimum atomic E-state index is 0.0785. The fourth-order valence-electron chi connectivity index (χ4n) is 3.29. The predicted molar refractivity (Wildman–Crippen MR) is 99.7 cm³/mol. The zero-order chi connectivity index (χ0) is 16.6. The Labute approximate surface area is 144 Å². The number of nitrogens with one attached hydrogen (secondary N) is 1. The molecule has 0 spiro atoms. The van der Waals surface area contributed by atoms with Crippen LogP contribution in [0, 0.1) is 0 Å². The molecule has 24 heavy (non-hydrogen) atoms. The van der Waals surface area contributed by atoms with Gasteiger partial charge < -0.3 is 10.2 Å². The van der Waals surface area contributed by atoms with Gasteiger partial charge in [0.1, 0.15) is 0 Å². The first kappa shape index (κ1) is 16.7. The average molecular weight is 322 g/mol. The van der Waals surface area contributed by atoms with Crippen molar-refractivity contribution >= 4 is 11.5 Å².